The zero-order valence-electron chi connectivity index (χ0n) is 31.1. The third kappa shape index (κ3) is 3.75. The Bertz CT molecular complexity index is 2640. The summed E-state index contributed by atoms with van der Waals surface area (Å²) in [5.41, 5.74) is 8.36. The SMILES string of the molecule is CN1C=CN2[C]1=[Ir]=[C]1N(C)C=CN1[C@@](C)(c1ccccc1)c1nc3c4cc(ccc4c4cccc5c4n3c1C(C)(C)C5(C)C)C2(C)c1ccccc1. The fraction of sp³-hybridized carbons (Fsp3) is 0.267. The van der Waals surface area contributed by atoms with Gasteiger partial charge >= 0.3 is 315 Å². The van der Waals surface area contributed by atoms with E-state index in [1.54, 1.807) is 0 Å². The molecule has 7 heteroatoms. The predicted octanol–water partition coefficient (Wildman–Crippen LogP) is 8.44. The Morgan fingerprint density at radius 3 is 1.77 bits per heavy atom. The minimum atomic E-state index is -0.923. The van der Waals surface area contributed by atoms with Crippen molar-refractivity contribution in [2.75, 3.05) is 14.1 Å². The monoisotopic (exact) mass is 861 g/mol. The summed E-state index contributed by atoms with van der Waals surface area (Å²) in [5.74, 6) is 0. The van der Waals surface area contributed by atoms with Crippen molar-refractivity contribution in [1.29, 1.82) is 0 Å². The third-order valence-corrected chi connectivity index (χ3v) is 17.0. The molecule has 0 radical (unpaired) electrons. The van der Waals surface area contributed by atoms with E-state index in [2.05, 4.69) is 201 Å². The van der Waals surface area contributed by atoms with Crippen molar-refractivity contribution < 1.29 is 16.8 Å². The molecule has 1 unspecified atom stereocenters. The van der Waals surface area contributed by atoms with E-state index >= 15 is 0 Å². The summed E-state index contributed by atoms with van der Waals surface area (Å²) < 4.78 is 5.25. The molecule has 0 spiro atoms. The topological polar surface area (TPSA) is 30.3 Å². The maximum absolute atomic E-state index is 5.97. The molecule has 52 heavy (non-hydrogen) atoms. The van der Waals surface area contributed by atoms with Crippen molar-refractivity contribution in [3.63, 3.8) is 0 Å². The van der Waals surface area contributed by atoms with Gasteiger partial charge in [0.2, 0.25) is 0 Å². The molecule has 0 saturated carbocycles. The second kappa shape index (κ2) is 10.4. The molecule has 263 valence electrons. The van der Waals surface area contributed by atoms with E-state index in [1.165, 1.54) is 58.2 Å². The zero-order chi connectivity index (χ0) is 35.9. The molecule has 2 atom stereocenters. The molecule has 0 fully saturated rings. The molecule has 4 aliphatic heterocycles. The van der Waals surface area contributed by atoms with Gasteiger partial charge in [0.15, 0.2) is 0 Å². The fourth-order valence-electron chi connectivity index (χ4n) is 9.32. The average Bonchev–Trinajstić information content (AvgIpc) is 3.86. The van der Waals surface area contributed by atoms with Crippen LogP contribution in [0.2, 0.25) is 0 Å². The second-order valence-corrected chi connectivity index (χ2v) is 18.9. The van der Waals surface area contributed by atoms with Gasteiger partial charge < -0.3 is 0 Å². The standard InChI is InChI=1S/C45H44N6.Ir/c1-42(2)37-21-15-20-35-34-23-22-33(44(5,31-16-11-9-12-17-31)49-26-24-47(7)29-49)28-36(34)41-46-39(40(43(42,3)4)51(41)38(35)37)45(6,32-18-13-10-14-19-32)50-27-25-48(8)30-50;/h9-28H,1-8H3;/t44?,45-;/m0./s1. The van der Waals surface area contributed by atoms with Crippen LogP contribution < -0.4 is 0 Å². The van der Waals surface area contributed by atoms with Gasteiger partial charge in [-0.3, -0.25) is 0 Å². The van der Waals surface area contributed by atoms with E-state index in [4.69, 9.17) is 4.98 Å². The number of aromatic nitrogens is 2. The van der Waals surface area contributed by atoms with E-state index in [-0.39, 0.29) is 10.8 Å². The van der Waals surface area contributed by atoms with Gasteiger partial charge in [0.1, 0.15) is 0 Å². The van der Waals surface area contributed by atoms with Crippen molar-refractivity contribution in [3.8, 4) is 0 Å². The Labute approximate surface area is 313 Å². The van der Waals surface area contributed by atoms with E-state index in [9.17, 15) is 0 Å². The third-order valence-electron chi connectivity index (χ3n) is 13.1. The first kappa shape index (κ1) is 31.9. The minimum absolute atomic E-state index is 0.167. The van der Waals surface area contributed by atoms with Gasteiger partial charge in [-0.1, -0.05) is 0 Å². The Balaban J connectivity index is 1.48. The van der Waals surface area contributed by atoms with Gasteiger partial charge in [-0.05, 0) is 0 Å². The van der Waals surface area contributed by atoms with Crippen molar-refractivity contribution in [1.82, 2.24) is 29.0 Å². The molecule has 0 amide bonds. The van der Waals surface area contributed by atoms with E-state index in [1.807, 2.05) is 0 Å². The van der Waals surface area contributed by atoms with Gasteiger partial charge in [0, 0.05) is 0 Å². The van der Waals surface area contributed by atoms with E-state index in [0.29, 0.717) is 0 Å². The normalized spacial score (nSPS) is 24.2. The molecule has 0 aliphatic carbocycles. The Morgan fingerprint density at radius 2 is 1.13 bits per heavy atom. The van der Waals surface area contributed by atoms with Crippen molar-refractivity contribution in [2.45, 2.75) is 63.5 Å². The Hall–Kier alpha value is -4.84. The number of rotatable bonds is 2. The average molecular weight is 861 g/mol. The quantitative estimate of drug-likeness (QED) is 0.163. The molecule has 4 bridgehead atoms. The fourth-order valence-corrected chi connectivity index (χ4v) is 13.0. The number of hydrogen-bond donors (Lipinski definition) is 0. The number of pyridine rings is 1. The zero-order valence-corrected chi connectivity index (χ0v) is 33.5. The summed E-state index contributed by atoms with van der Waals surface area (Å²) >= 11 is -0.923. The number of imidazole rings is 1. The molecule has 6 heterocycles. The summed E-state index contributed by atoms with van der Waals surface area (Å²) in [6.07, 6.45) is 9.11. The maximum atomic E-state index is 5.97. The van der Waals surface area contributed by atoms with Crippen LogP contribution in [0.4, 0.5) is 0 Å². The van der Waals surface area contributed by atoms with Crippen LogP contribution in [0.5, 0.6) is 0 Å². The molecular weight excluding hydrogens is 817 g/mol. The summed E-state index contributed by atoms with van der Waals surface area (Å²) in [7, 11) is 4.43. The molecular formula is C45H44IrN6. The van der Waals surface area contributed by atoms with Gasteiger partial charge in [0.25, 0.3) is 0 Å². The molecule has 2 aromatic heterocycles. The van der Waals surface area contributed by atoms with E-state index < -0.39 is 27.9 Å². The summed E-state index contributed by atoms with van der Waals surface area (Å²) in [4.78, 5) is 15.8. The number of nitrogens with zero attached hydrogens (tertiary/aromatic N) is 6. The Kier molecular flexibility index (Phi) is 6.37. The molecule has 6 nitrogen and oxygen atoms in total. The first-order valence-electron chi connectivity index (χ1n) is 18.2. The van der Waals surface area contributed by atoms with Crippen LogP contribution in [0.3, 0.4) is 0 Å². The number of para-hydroxylation sites is 1. The number of fused-ring (bicyclic) bond motifs is 6. The van der Waals surface area contributed by atoms with Gasteiger partial charge in [0.05, 0.1) is 0 Å². The van der Waals surface area contributed by atoms with E-state index in [0.717, 1.165) is 11.3 Å². The Morgan fingerprint density at radius 1 is 0.538 bits per heavy atom. The van der Waals surface area contributed by atoms with Crippen LogP contribution in [0.25, 0.3) is 27.3 Å². The van der Waals surface area contributed by atoms with Crippen LogP contribution in [-0.2, 0) is 38.7 Å². The first-order valence-corrected chi connectivity index (χ1v) is 20.6. The van der Waals surface area contributed by atoms with Crippen LogP contribution in [0.15, 0.2) is 122 Å². The molecule has 6 aromatic rings. The molecule has 4 aliphatic rings. The van der Waals surface area contributed by atoms with Gasteiger partial charge in [-0.15, -0.1) is 0 Å². The van der Waals surface area contributed by atoms with Gasteiger partial charge in [-0.25, -0.2) is 0 Å². The van der Waals surface area contributed by atoms with Crippen LogP contribution in [0, 0.1) is 0 Å². The second-order valence-electron chi connectivity index (χ2n) is 16.2. The molecule has 4 aromatic carbocycles. The predicted molar refractivity (Wildman–Crippen MR) is 210 cm³/mol. The summed E-state index contributed by atoms with van der Waals surface area (Å²) in [5, 5.41) is 3.72. The summed E-state index contributed by atoms with van der Waals surface area (Å²) in [6, 6.07) is 36.3. The molecule has 0 saturated heterocycles. The first-order chi connectivity index (χ1) is 24.9. The van der Waals surface area contributed by atoms with Crippen LogP contribution in [0.1, 0.15) is 75.2 Å². The van der Waals surface area contributed by atoms with Crippen LogP contribution >= 0.6 is 0 Å². The number of benzene rings is 4. The van der Waals surface area contributed by atoms with Crippen LogP contribution in [-0.4, -0.2) is 51.6 Å². The van der Waals surface area contributed by atoms with Crippen molar-refractivity contribution in [2.24, 2.45) is 0 Å². The van der Waals surface area contributed by atoms with Crippen molar-refractivity contribution >= 4 is 35.9 Å². The molecule has 0 N–H and O–H groups in total. The van der Waals surface area contributed by atoms with Gasteiger partial charge in [-0.2, -0.15) is 0 Å². The number of hydrogen-bond acceptors (Lipinski definition) is 5. The van der Waals surface area contributed by atoms with Crippen molar-refractivity contribution in [3.05, 3.63) is 156 Å². The molecule has 10 rings (SSSR count). The summed E-state index contributed by atoms with van der Waals surface area (Å²) in [6.45, 7) is 14.6.